The van der Waals surface area contributed by atoms with Crippen LogP contribution in [0.25, 0.3) is 0 Å². The Balaban J connectivity index is 1.84. The van der Waals surface area contributed by atoms with Gasteiger partial charge in [0.05, 0.1) is 0 Å². The monoisotopic (exact) mass is 280 g/mol. The van der Waals surface area contributed by atoms with Crippen molar-refractivity contribution in [3.63, 3.8) is 0 Å². The lowest BCUT2D eigenvalue weighted by atomic mass is 9.98. The van der Waals surface area contributed by atoms with E-state index < -0.39 is 0 Å². The fourth-order valence-electron chi connectivity index (χ4n) is 2.31. The summed E-state index contributed by atoms with van der Waals surface area (Å²) >= 11 is 1.56. The van der Waals surface area contributed by atoms with Crippen LogP contribution in [0.2, 0.25) is 0 Å². The first kappa shape index (κ1) is 12.9. The zero-order valence-corrected chi connectivity index (χ0v) is 11.9. The minimum atomic E-state index is 0.639. The molecule has 0 aliphatic carbocycles. The number of aromatic nitrogens is 1. The Morgan fingerprint density at radius 1 is 0.850 bits per heavy atom. The third-order valence-electron chi connectivity index (χ3n) is 3.29. The summed E-state index contributed by atoms with van der Waals surface area (Å²) in [4.78, 5) is 5.33. The molecule has 0 saturated carbocycles. The normalized spacial score (nSPS) is 10.6. The second kappa shape index (κ2) is 5.88. The van der Waals surface area contributed by atoms with E-state index in [4.69, 9.17) is 5.73 Å². The summed E-state index contributed by atoms with van der Waals surface area (Å²) in [5, 5.41) is 0.639. The summed E-state index contributed by atoms with van der Waals surface area (Å²) in [6, 6.07) is 19.1. The number of rotatable bonds is 4. The lowest BCUT2D eigenvalue weighted by Crippen LogP contribution is -1.95. The highest BCUT2D eigenvalue weighted by atomic mass is 32.1. The Labute approximate surface area is 122 Å². The van der Waals surface area contributed by atoms with Gasteiger partial charge in [0, 0.05) is 17.5 Å². The highest BCUT2D eigenvalue weighted by Crippen LogP contribution is 2.22. The molecule has 0 radical (unpaired) electrons. The molecule has 3 heteroatoms. The molecule has 3 aromatic rings. The summed E-state index contributed by atoms with van der Waals surface area (Å²) in [7, 11) is 0. The first-order valence-electron chi connectivity index (χ1n) is 6.62. The van der Waals surface area contributed by atoms with E-state index in [1.807, 2.05) is 6.20 Å². The summed E-state index contributed by atoms with van der Waals surface area (Å²) in [6.45, 7) is 0. The zero-order chi connectivity index (χ0) is 13.8. The van der Waals surface area contributed by atoms with Gasteiger partial charge in [0.2, 0.25) is 0 Å². The summed E-state index contributed by atoms with van der Waals surface area (Å²) in [5.74, 6) is 0. The molecule has 0 spiro atoms. The second-order valence-electron chi connectivity index (χ2n) is 4.77. The Morgan fingerprint density at radius 2 is 1.50 bits per heavy atom. The first-order valence-corrected chi connectivity index (χ1v) is 7.44. The van der Waals surface area contributed by atoms with E-state index in [-0.39, 0.29) is 0 Å². The molecule has 0 aliphatic heterocycles. The molecule has 0 bridgehead atoms. The van der Waals surface area contributed by atoms with Crippen LogP contribution in [0.3, 0.4) is 0 Å². The summed E-state index contributed by atoms with van der Waals surface area (Å²) < 4.78 is 0. The molecule has 2 N–H and O–H groups in total. The van der Waals surface area contributed by atoms with Crippen LogP contribution in [0.4, 0.5) is 5.13 Å². The van der Waals surface area contributed by atoms with E-state index in [1.54, 1.807) is 11.3 Å². The highest BCUT2D eigenvalue weighted by molar-refractivity contribution is 7.15. The van der Waals surface area contributed by atoms with Gasteiger partial charge in [-0.15, -0.1) is 11.3 Å². The standard InChI is InChI=1S/C17H16N2S/c18-17-19-12-16(20-17)11-15-9-5-4-8-14(15)10-13-6-2-1-3-7-13/h1-9,12H,10-11H2,(H2,18,19). The van der Waals surface area contributed by atoms with Gasteiger partial charge in [-0.05, 0) is 23.1 Å². The molecule has 0 amide bonds. The molecule has 3 rings (SSSR count). The van der Waals surface area contributed by atoms with Crippen molar-refractivity contribution in [2.75, 3.05) is 5.73 Å². The molecule has 0 atom stereocenters. The molecule has 0 unspecified atom stereocenters. The quantitative estimate of drug-likeness (QED) is 0.787. The van der Waals surface area contributed by atoms with Gasteiger partial charge in [0.1, 0.15) is 0 Å². The molecule has 20 heavy (non-hydrogen) atoms. The van der Waals surface area contributed by atoms with Gasteiger partial charge in [-0.1, -0.05) is 54.6 Å². The number of nitrogens with two attached hydrogens (primary N) is 1. The fourth-order valence-corrected chi connectivity index (χ4v) is 3.02. The molecular weight excluding hydrogens is 264 g/mol. The molecule has 1 aromatic heterocycles. The Hall–Kier alpha value is -2.13. The van der Waals surface area contributed by atoms with Crippen molar-refractivity contribution in [1.82, 2.24) is 4.98 Å². The van der Waals surface area contributed by atoms with E-state index in [0.29, 0.717) is 5.13 Å². The van der Waals surface area contributed by atoms with Gasteiger partial charge in [0.25, 0.3) is 0 Å². The molecule has 2 aromatic carbocycles. The van der Waals surface area contributed by atoms with Crippen LogP contribution in [0.15, 0.2) is 60.8 Å². The smallest absolute Gasteiger partial charge is 0.180 e. The van der Waals surface area contributed by atoms with Gasteiger partial charge in [-0.25, -0.2) is 4.98 Å². The van der Waals surface area contributed by atoms with Gasteiger partial charge in [-0.2, -0.15) is 0 Å². The number of thiazole rings is 1. The minimum Gasteiger partial charge on any atom is -0.375 e. The second-order valence-corrected chi connectivity index (χ2v) is 5.92. The van der Waals surface area contributed by atoms with Crippen molar-refractivity contribution >= 4 is 16.5 Å². The third-order valence-corrected chi connectivity index (χ3v) is 4.12. The van der Waals surface area contributed by atoms with Crippen LogP contribution in [0.1, 0.15) is 21.6 Å². The SMILES string of the molecule is Nc1ncc(Cc2ccccc2Cc2ccccc2)s1. The van der Waals surface area contributed by atoms with E-state index in [0.717, 1.165) is 12.8 Å². The van der Waals surface area contributed by atoms with E-state index in [2.05, 4.69) is 59.6 Å². The van der Waals surface area contributed by atoms with E-state index in [1.165, 1.54) is 21.6 Å². The summed E-state index contributed by atoms with van der Waals surface area (Å²) in [6.07, 6.45) is 3.74. The Morgan fingerprint density at radius 3 is 2.15 bits per heavy atom. The van der Waals surface area contributed by atoms with Gasteiger partial charge < -0.3 is 5.73 Å². The molecular formula is C17H16N2S. The molecule has 100 valence electrons. The van der Waals surface area contributed by atoms with Crippen LogP contribution in [0, 0.1) is 0 Å². The number of benzene rings is 2. The lowest BCUT2D eigenvalue weighted by molar-refractivity contribution is 1.10. The van der Waals surface area contributed by atoms with Crippen LogP contribution < -0.4 is 5.73 Å². The van der Waals surface area contributed by atoms with E-state index >= 15 is 0 Å². The van der Waals surface area contributed by atoms with Crippen molar-refractivity contribution in [3.05, 3.63) is 82.4 Å². The van der Waals surface area contributed by atoms with Gasteiger partial charge >= 0.3 is 0 Å². The predicted molar refractivity (Wildman–Crippen MR) is 85.0 cm³/mol. The predicted octanol–water partition coefficient (Wildman–Crippen LogP) is 3.91. The van der Waals surface area contributed by atoms with Crippen molar-refractivity contribution in [2.24, 2.45) is 0 Å². The summed E-state index contributed by atoms with van der Waals surface area (Å²) in [5.41, 5.74) is 9.75. The molecule has 1 heterocycles. The maximum absolute atomic E-state index is 5.70. The lowest BCUT2D eigenvalue weighted by Gasteiger charge is -2.08. The van der Waals surface area contributed by atoms with Crippen molar-refractivity contribution in [3.8, 4) is 0 Å². The van der Waals surface area contributed by atoms with Crippen LogP contribution in [0.5, 0.6) is 0 Å². The number of anilines is 1. The average molecular weight is 280 g/mol. The van der Waals surface area contributed by atoms with Crippen molar-refractivity contribution in [1.29, 1.82) is 0 Å². The maximum Gasteiger partial charge on any atom is 0.180 e. The minimum absolute atomic E-state index is 0.639. The number of nitrogen functional groups attached to an aromatic ring is 1. The highest BCUT2D eigenvalue weighted by Gasteiger charge is 2.06. The molecule has 0 fully saturated rings. The van der Waals surface area contributed by atoms with Crippen molar-refractivity contribution in [2.45, 2.75) is 12.8 Å². The third kappa shape index (κ3) is 3.06. The Kier molecular flexibility index (Phi) is 3.79. The van der Waals surface area contributed by atoms with E-state index in [9.17, 15) is 0 Å². The molecule has 0 saturated heterocycles. The van der Waals surface area contributed by atoms with Crippen LogP contribution in [-0.2, 0) is 12.8 Å². The molecule has 0 aliphatic rings. The number of nitrogens with zero attached hydrogens (tertiary/aromatic N) is 1. The van der Waals surface area contributed by atoms with Gasteiger partial charge in [0.15, 0.2) is 5.13 Å². The number of hydrogen-bond acceptors (Lipinski definition) is 3. The topological polar surface area (TPSA) is 38.9 Å². The fraction of sp³-hybridized carbons (Fsp3) is 0.118. The van der Waals surface area contributed by atoms with Crippen LogP contribution >= 0.6 is 11.3 Å². The van der Waals surface area contributed by atoms with Crippen LogP contribution in [-0.4, -0.2) is 4.98 Å². The van der Waals surface area contributed by atoms with Crippen molar-refractivity contribution < 1.29 is 0 Å². The average Bonchev–Trinajstić information content (AvgIpc) is 2.88. The maximum atomic E-state index is 5.70. The Bertz CT molecular complexity index is 689. The first-order chi connectivity index (χ1) is 9.81. The molecule has 2 nitrogen and oxygen atoms in total. The number of hydrogen-bond donors (Lipinski definition) is 1. The largest absolute Gasteiger partial charge is 0.375 e. The zero-order valence-electron chi connectivity index (χ0n) is 11.1. The van der Waals surface area contributed by atoms with Gasteiger partial charge in [-0.3, -0.25) is 0 Å².